The fourth-order valence-electron chi connectivity index (χ4n) is 2.73. The number of fused-ring (bicyclic) bond motifs is 3. The summed E-state index contributed by atoms with van der Waals surface area (Å²) in [5, 5.41) is 0.657. The third kappa shape index (κ3) is 1.67. The lowest BCUT2D eigenvalue weighted by Gasteiger charge is -2.13. The molecule has 0 aromatic heterocycles. The van der Waals surface area contributed by atoms with Gasteiger partial charge in [0.1, 0.15) is 5.92 Å². The van der Waals surface area contributed by atoms with Gasteiger partial charge in [-0.15, -0.1) is 0 Å². The number of hydrogen-bond acceptors (Lipinski definition) is 2. The van der Waals surface area contributed by atoms with Crippen LogP contribution in [0.1, 0.15) is 22.6 Å². The first-order chi connectivity index (χ1) is 9.15. The van der Waals surface area contributed by atoms with Crippen molar-refractivity contribution >= 4 is 17.6 Å². The highest BCUT2D eigenvalue weighted by Crippen LogP contribution is 2.48. The molecule has 3 rings (SSSR count). The summed E-state index contributed by atoms with van der Waals surface area (Å²) in [6.45, 7) is 1.94. The van der Waals surface area contributed by atoms with Crippen molar-refractivity contribution in [2.24, 2.45) is 0 Å². The smallest absolute Gasteiger partial charge is 0.317 e. The minimum atomic E-state index is -0.413. The molecule has 2 aromatic carbocycles. The number of esters is 1. The number of halogens is 1. The van der Waals surface area contributed by atoms with Crippen LogP contribution in [0.3, 0.4) is 0 Å². The van der Waals surface area contributed by atoms with Gasteiger partial charge in [0.25, 0.3) is 0 Å². The molecule has 0 amide bonds. The zero-order valence-corrected chi connectivity index (χ0v) is 11.5. The topological polar surface area (TPSA) is 26.3 Å². The van der Waals surface area contributed by atoms with Gasteiger partial charge in [0.05, 0.1) is 7.11 Å². The molecule has 3 heteroatoms. The number of carbonyl (C=O) groups is 1. The summed E-state index contributed by atoms with van der Waals surface area (Å²) in [7, 11) is 1.41. The zero-order valence-electron chi connectivity index (χ0n) is 10.7. The van der Waals surface area contributed by atoms with E-state index in [1.165, 1.54) is 7.11 Å². The normalized spacial score (nSPS) is 15.8. The summed E-state index contributed by atoms with van der Waals surface area (Å²) in [5.74, 6) is -0.678. The molecule has 0 aliphatic heterocycles. The molecule has 0 radical (unpaired) electrons. The van der Waals surface area contributed by atoms with E-state index in [4.69, 9.17) is 16.3 Å². The Kier molecular flexibility index (Phi) is 2.83. The number of ether oxygens (including phenoxy) is 1. The summed E-state index contributed by atoms with van der Waals surface area (Å²) >= 11 is 6.42. The summed E-state index contributed by atoms with van der Waals surface area (Å²) in [6, 6.07) is 11.9. The van der Waals surface area contributed by atoms with Gasteiger partial charge in [-0.3, -0.25) is 4.79 Å². The highest BCUT2D eigenvalue weighted by molar-refractivity contribution is 6.33. The number of benzene rings is 2. The van der Waals surface area contributed by atoms with Crippen LogP contribution < -0.4 is 0 Å². The first-order valence-corrected chi connectivity index (χ1v) is 6.49. The number of aryl methyl sites for hydroxylation is 1. The molecule has 1 atom stereocenters. The van der Waals surface area contributed by atoms with E-state index in [0.29, 0.717) is 5.02 Å². The lowest BCUT2D eigenvalue weighted by Crippen LogP contribution is -2.13. The molecule has 2 nitrogen and oxygen atoms in total. The molecule has 0 saturated heterocycles. The van der Waals surface area contributed by atoms with Gasteiger partial charge in [0.2, 0.25) is 0 Å². The largest absolute Gasteiger partial charge is 0.468 e. The van der Waals surface area contributed by atoms with Gasteiger partial charge in [-0.05, 0) is 34.7 Å². The van der Waals surface area contributed by atoms with E-state index < -0.39 is 5.92 Å². The second kappa shape index (κ2) is 4.39. The van der Waals surface area contributed by atoms with Crippen LogP contribution in [0.15, 0.2) is 36.4 Å². The van der Waals surface area contributed by atoms with Crippen molar-refractivity contribution in [1.29, 1.82) is 0 Å². The Bertz CT molecular complexity index is 676. The summed E-state index contributed by atoms with van der Waals surface area (Å²) in [5.41, 5.74) is 4.91. The van der Waals surface area contributed by atoms with Crippen LogP contribution in [0.5, 0.6) is 0 Å². The molecule has 0 heterocycles. The fourth-order valence-corrected chi connectivity index (χ4v) is 3.01. The predicted octanol–water partition coefficient (Wildman–Crippen LogP) is 3.93. The molecule has 1 aliphatic carbocycles. The number of carbonyl (C=O) groups excluding carboxylic acids is 1. The predicted molar refractivity (Wildman–Crippen MR) is 75.5 cm³/mol. The van der Waals surface area contributed by atoms with Crippen molar-refractivity contribution in [1.82, 2.24) is 0 Å². The molecule has 0 spiro atoms. The van der Waals surface area contributed by atoms with Gasteiger partial charge in [-0.1, -0.05) is 48.0 Å². The summed E-state index contributed by atoms with van der Waals surface area (Å²) in [4.78, 5) is 12.1. The highest BCUT2D eigenvalue weighted by Gasteiger charge is 2.36. The van der Waals surface area contributed by atoms with E-state index in [0.717, 1.165) is 27.8 Å². The molecule has 1 unspecified atom stereocenters. The quantitative estimate of drug-likeness (QED) is 0.735. The van der Waals surface area contributed by atoms with Crippen molar-refractivity contribution < 1.29 is 9.53 Å². The Labute approximate surface area is 117 Å². The van der Waals surface area contributed by atoms with Crippen molar-refractivity contribution in [3.63, 3.8) is 0 Å². The Balaban J connectivity index is 2.34. The van der Waals surface area contributed by atoms with E-state index in [1.807, 2.05) is 43.3 Å². The lowest BCUT2D eigenvalue weighted by atomic mass is 9.96. The molecule has 0 bridgehead atoms. The van der Waals surface area contributed by atoms with E-state index in [9.17, 15) is 4.79 Å². The van der Waals surface area contributed by atoms with Crippen LogP contribution in [0.2, 0.25) is 5.02 Å². The first-order valence-electron chi connectivity index (χ1n) is 6.11. The van der Waals surface area contributed by atoms with E-state index >= 15 is 0 Å². The van der Waals surface area contributed by atoms with E-state index in [-0.39, 0.29) is 5.97 Å². The van der Waals surface area contributed by atoms with Crippen LogP contribution >= 0.6 is 11.6 Å². The summed E-state index contributed by atoms with van der Waals surface area (Å²) in [6.07, 6.45) is 0. The number of rotatable bonds is 1. The van der Waals surface area contributed by atoms with E-state index in [1.54, 1.807) is 0 Å². The molecule has 0 N–H and O–H groups in total. The minimum Gasteiger partial charge on any atom is -0.468 e. The van der Waals surface area contributed by atoms with Crippen molar-refractivity contribution in [3.8, 4) is 11.1 Å². The zero-order chi connectivity index (χ0) is 13.6. The Morgan fingerprint density at radius 2 is 1.89 bits per heavy atom. The second-order valence-electron chi connectivity index (χ2n) is 4.70. The highest BCUT2D eigenvalue weighted by atomic mass is 35.5. The van der Waals surface area contributed by atoms with E-state index in [2.05, 4.69) is 0 Å². The first kappa shape index (κ1) is 12.2. The maximum atomic E-state index is 12.1. The third-order valence-corrected chi connectivity index (χ3v) is 4.16. The second-order valence-corrected chi connectivity index (χ2v) is 5.08. The minimum absolute atomic E-state index is 0.265. The van der Waals surface area contributed by atoms with Crippen LogP contribution in [0.4, 0.5) is 0 Å². The standard InChI is InChI=1S/C16H13ClO2/c1-9-7-8-12-10-5-3-4-6-11(10)14(16(18)19-2)13(12)15(9)17/h3-8,14H,1-2H3. The van der Waals surface area contributed by atoms with Gasteiger partial charge < -0.3 is 4.74 Å². The van der Waals surface area contributed by atoms with Crippen LogP contribution in [-0.2, 0) is 9.53 Å². The molecule has 19 heavy (non-hydrogen) atoms. The van der Waals surface area contributed by atoms with Crippen molar-refractivity contribution in [3.05, 3.63) is 58.1 Å². The van der Waals surface area contributed by atoms with Crippen LogP contribution in [0.25, 0.3) is 11.1 Å². The average Bonchev–Trinajstić information content (AvgIpc) is 2.77. The van der Waals surface area contributed by atoms with Gasteiger partial charge >= 0.3 is 5.97 Å². The number of hydrogen-bond donors (Lipinski definition) is 0. The molecule has 96 valence electrons. The van der Waals surface area contributed by atoms with Crippen LogP contribution in [0, 0.1) is 6.92 Å². The Hall–Kier alpha value is -1.80. The average molecular weight is 273 g/mol. The van der Waals surface area contributed by atoms with Gasteiger partial charge in [-0.2, -0.15) is 0 Å². The number of methoxy groups -OCH3 is 1. The Morgan fingerprint density at radius 3 is 2.63 bits per heavy atom. The van der Waals surface area contributed by atoms with Crippen LogP contribution in [-0.4, -0.2) is 13.1 Å². The Morgan fingerprint density at radius 1 is 1.16 bits per heavy atom. The summed E-state index contributed by atoms with van der Waals surface area (Å²) < 4.78 is 4.95. The van der Waals surface area contributed by atoms with Gasteiger partial charge in [0.15, 0.2) is 0 Å². The SMILES string of the molecule is COC(=O)C1c2ccccc2-c2ccc(C)c(Cl)c21. The molecule has 2 aromatic rings. The monoisotopic (exact) mass is 272 g/mol. The molecular weight excluding hydrogens is 260 g/mol. The molecule has 1 aliphatic rings. The molecule has 0 saturated carbocycles. The van der Waals surface area contributed by atoms with Crippen molar-refractivity contribution in [2.45, 2.75) is 12.8 Å². The molecular formula is C16H13ClO2. The van der Waals surface area contributed by atoms with Gasteiger partial charge in [-0.25, -0.2) is 0 Å². The lowest BCUT2D eigenvalue weighted by molar-refractivity contribution is -0.141. The fraction of sp³-hybridized carbons (Fsp3) is 0.188. The van der Waals surface area contributed by atoms with Gasteiger partial charge in [0, 0.05) is 5.02 Å². The molecule has 0 fully saturated rings. The third-order valence-electron chi connectivity index (χ3n) is 3.66. The maximum Gasteiger partial charge on any atom is 0.317 e. The van der Waals surface area contributed by atoms with Crippen molar-refractivity contribution in [2.75, 3.05) is 7.11 Å². The maximum absolute atomic E-state index is 12.1.